The Morgan fingerprint density at radius 2 is 1.89 bits per heavy atom. The third-order valence-corrected chi connectivity index (χ3v) is 4.82. The highest BCUT2D eigenvalue weighted by Crippen LogP contribution is 2.18. The Kier molecular flexibility index (Phi) is 6.28. The van der Waals surface area contributed by atoms with Crippen molar-refractivity contribution in [2.24, 2.45) is 0 Å². The number of carbonyl (C=O) groups excluding carboxylic acids is 3. The van der Waals surface area contributed by atoms with Gasteiger partial charge in [0.1, 0.15) is 5.75 Å². The van der Waals surface area contributed by atoms with E-state index in [1.54, 1.807) is 0 Å². The molecule has 0 saturated carbocycles. The number of amides is 3. The quantitative estimate of drug-likeness (QED) is 0.716. The first-order valence-corrected chi connectivity index (χ1v) is 9.35. The van der Waals surface area contributed by atoms with Crippen molar-refractivity contribution in [3.8, 4) is 5.75 Å². The molecule has 2 heterocycles. The second-order valence-electron chi connectivity index (χ2n) is 6.72. The van der Waals surface area contributed by atoms with Crippen LogP contribution < -0.4 is 15.4 Å². The van der Waals surface area contributed by atoms with Crippen molar-refractivity contribution in [2.75, 3.05) is 39.3 Å². The zero-order valence-electron chi connectivity index (χ0n) is 15.6. The van der Waals surface area contributed by atoms with Crippen molar-refractivity contribution in [1.82, 2.24) is 20.4 Å². The molecule has 3 amide bonds. The first-order chi connectivity index (χ1) is 13.1. The van der Waals surface area contributed by atoms with Gasteiger partial charge < -0.3 is 20.3 Å². The van der Waals surface area contributed by atoms with Gasteiger partial charge in [-0.1, -0.05) is 12.1 Å². The maximum atomic E-state index is 12.6. The lowest BCUT2D eigenvalue weighted by Gasteiger charge is -2.36. The molecule has 2 saturated heterocycles. The van der Waals surface area contributed by atoms with Crippen molar-refractivity contribution >= 4 is 17.7 Å². The van der Waals surface area contributed by atoms with Crippen molar-refractivity contribution in [3.63, 3.8) is 0 Å². The fourth-order valence-electron chi connectivity index (χ4n) is 3.41. The number of carbonyl (C=O) groups is 3. The van der Waals surface area contributed by atoms with E-state index in [2.05, 4.69) is 10.6 Å². The second kappa shape index (κ2) is 8.85. The summed E-state index contributed by atoms with van der Waals surface area (Å²) in [6.45, 7) is 5.38. The van der Waals surface area contributed by atoms with Crippen molar-refractivity contribution in [1.29, 1.82) is 0 Å². The Balaban J connectivity index is 1.64. The van der Waals surface area contributed by atoms with Gasteiger partial charge in [0.05, 0.1) is 25.6 Å². The van der Waals surface area contributed by atoms with Gasteiger partial charge in [0.15, 0.2) is 0 Å². The van der Waals surface area contributed by atoms with E-state index in [-0.39, 0.29) is 30.7 Å². The monoisotopic (exact) mass is 374 g/mol. The first-order valence-electron chi connectivity index (χ1n) is 9.35. The van der Waals surface area contributed by atoms with Crippen LogP contribution in [0.1, 0.15) is 18.9 Å². The minimum absolute atomic E-state index is 0.0616. The largest absolute Gasteiger partial charge is 0.494 e. The van der Waals surface area contributed by atoms with Gasteiger partial charge in [0, 0.05) is 32.7 Å². The predicted molar refractivity (Wildman–Crippen MR) is 99.0 cm³/mol. The topological polar surface area (TPSA) is 91.0 Å². The number of rotatable bonds is 6. The van der Waals surface area contributed by atoms with E-state index in [9.17, 15) is 14.4 Å². The van der Waals surface area contributed by atoms with Crippen molar-refractivity contribution in [2.45, 2.75) is 25.9 Å². The molecule has 8 heteroatoms. The smallest absolute Gasteiger partial charge is 0.239 e. The van der Waals surface area contributed by atoms with Crippen LogP contribution in [0.15, 0.2) is 24.3 Å². The molecule has 0 aliphatic carbocycles. The standard InChI is InChI=1S/C19H26N4O4/c1-2-27-15-5-3-14(4-6-15)12-22-9-8-21-19(26)16(22)11-18(25)23-10-7-20-17(24)13-23/h3-6,16H,2,7-13H2,1H3,(H,20,24)(H,21,26)/t16-/m1/s1. The SMILES string of the molecule is CCOc1ccc(CN2CCNC(=O)[C@H]2CC(=O)N2CCNC(=O)C2)cc1. The molecule has 1 aromatic rings. The van der Waals surface area contributed by atoms with E-state index < -0.39 is 6.04 Å². The number of ether oxygens (including phenoxy) is 1. The summed E-state index contributed by atoms with van der Waals surface area (Å²) >= 11 is 0. The van der Waals surface area contributed by atoms with E-state index >= 15 is 0 Å². The van der Waals surface area contributed by atoms with Crippen LogP contribution in [0, 0.1) is 0 Å². The predicted octanol–water partition coefficient (Wildman–Crippen LogP) is -0.266. The number of hydrogen-bond donors (Lipinski definition) is 2. The lowest BCUT2D eigenvalue weighted by atomic mass is 10.1. The summed E-state index contributed by atoms with van der Waals surface area (Å²) in [4.78, 5) is 40.0. The van der Waals surface area contributed by atoms with Gasteiger partial charge in [0.2, 0.25) is 17.7 Å². The fourth-order valence-corrected chi connectivity index (χ4v) is 3.41. The molecule has 0 radical (unpaired) electrons. The van der Waals surface area contributed by atoms with E-state index in [0.717, 1.165) is 11.3 Å². The Labute approximate surface area is 158 Å². The van der Waals surface area contributed by atoms with Gasteiger partial charge in [-0.15, -0.1) is 0 Å². The lowest BCUT2D eigenvalue weighted by molar-refractivity contribution is -0.142. The average molecular weight is 374 g/mol. The molecule has 2 aliphatic rings. The number of nitrogens with zero attached hydrogens (tertiary/aromatic N) is 2. The van der Waals surface area contributed by atoms with Crippen LogP contribution >= 0.6 is 0 Å². The molecule has 1 aromatic carbocycles. The first kappa shape index (κ1) is 19.2. The molecule has 1 atom stereocenters. The third-order valence-electron chi connectivity index (χ3n) is 4.82. The summed E-state index contributed by atoms with van der Waals surface area (Å²) in [6.07, 6.45) is 0.0795. The molecule has 0 spiro atoms. The summed E-state index contributed by atoms with van der Waals surface area (Å²) in [6, 6.07) is 7.25. The normalized spacial score (nSPS) is 20.8. The Morgan fingerprint density at radius 3 is 2.59 bits per heavy atom. The van der Waals surface area contributed by atoms with Crippen molar-refractivity contribution < 1.29 is 19.1 Å². The van der Waals surface area contributed by atoms with E-state index in [0.29, 0.717) is 39.3 Å². The van der Waals surface area contributed by atoms with E-state index in [1.165, 1.54) is 4.90 Å². The highest BCUT2D eigenvalue weighted by atomic mass is 16.5. The molecule has 2 aliphatic heterocycles. The molecular formula is C19H26N4O4. The minimum Gasteiger partial charge on any atom is -0.494 e. The van der Waals surface area contributed by atoms with Crippen LogP contribution in [0.3, 0.4) is 0 Å². The molecule has 2 N–H and O–H groups in total. The zero-order valence-corrected chi connectivity index (χ0v) is 15.6. The van der Waals surface area contributed by atoms with Crippen LogP contribution in [0.4, 0.5) is 0 Å². The van der Waals surface area contributed by atoms with Crippen molar-refractivity contribution in [3.05, 3.63) is 29.8 Å². The van der Waals surface area contributed by atoms with Crippen LogP contribution in [-0.4, -0.2) is 72.9 Å². The number of hydrogen-bond acceptors (Lipinski definition) is 5. The lowest BCUT2D eigenvalue weighted by Crippen LogP contribution is -2.57. The highest BCUT2D eigenvalue weighted by molar-refractivity contribution is 5.91. The molecular weight excluding hydrogens is 348 g/mol. The number of benzene rings is 1. The summed E-state index contributed by atoms with van der Waals surface area (Å²) < 4.78 is 5.46. The average Bonchev–Trinajstić information content (AvgIpc) is 2.66. The maximum absolute atomic E-state index is 12.6. The highest BCUT2D eigenvalue weighted by Gasteiger charge is 2.33. The molecule has 2 fully saturated rings. The molecule has 0 unspecified atom stereocenters. The van der Waals surface area contributed by atoms with Crippen LogP contribution in [0.25, 0.3) is 0 Å². The zero-order chi connectivity index (χ0) is 19.2. The summed E-state index contributed by atoms with van der Waals surface area (Å²) in [5.74, 6) is 0.354. The molecule has 146 valence electrons. The number of piperazine rings is 2. The summed E-state index contributed by atoms with van der Waals surface area (Å²) in [5, 5.41) is 5.54. The molecule has 0 aromatic heterocycles. The summed E-state index contributed by atoms with van der Waals surface area (Å²) in [5.41, 5.74) is 1.06. The molecule has 0 bridgehead atoms. The molecule has 8 nitrogen and oxygen atoms in total. The third kappa shape index (κ3) is 4.97. The van der Waals surface area contributed by atoms with Crippen LogP contribution in [0.2, 0.25) is 0 Å². The van der Waals surface area contributed by atoms with Gasteiger partial charge >= 0.3 is 0 Å². The van der Waals surface area contributed by atoms with Gasteiger partial charge in [-0.3, -0.25) is 19.3 Å². The Bertz CT molecular complexity index is 691. The molecule has 27 heavy (non-hydrogen) atoms. The van der Waals surface area contributed by atoms with Crippen LogP contribution in [0.5, 0.6) is 5.75 Å². The van der Waals surface area contributed by atoms with Gasteiger partial charge in [-0.2, -0.15) is 0 Å². The minimum atomic E-state index is -0.525. The molecule has 3 rings (SSSR count). The van der Waals surface area contributed by atoms with E-state index in [4.69, 9.17) is 4.74 Å². The Hall–Kier alpha value is -2.61. The van der Waals surface area contributed by atoms with Gasteiger partial charge in [-0.05, 0) is 24.6 Å². The van der Waals surface area contributed by atoms with E-state index in [1.807, 2.05) is 36.1 Å². The fraction of sp³-hybridized carbons (Fsp3) is 0.526. The number of nitrogens with one attached hydrogen (secondary N) is 2. The maximum Gasteiger partial charge on any atom is 0.239 e. The second-order valence-corrected chi connectivity index (χ2v) is 6.72. The Morgan fingerprint density at radius 1 is 1.15 bits per heavy atom. The van der Waals surface area contributed by atoms with Crippen LogP contribution in [-0.2, 0) is 20.9 Å². The van der Waals surface area contributed by atoms with Gasteiger partial charge in [-0.25, -0.2) is 0 Å². The summed E-state index contributed by atoms with van der Waals surface area (Å²) in [7, 11) is 0. The van der Waals surface area contributed by atoms with Gasteiger partial charge in [0.25, 0.3) is 0 Å².